The van der Waals surface area contributed by atoms with E-state index in [0.717, 1.165) is 11.6 Å². The van der Waals surface area contributed by atoms with Crippen LogP contribution >= 0.6 is 0 Å². The molecule has 0 aliphatic heterocycles. The van der Waals surface area contributed by atoms with Gasteiger partial charge in [-0.3, -0.25) is 0 Å². The number of halogens is 2. The molecule has 1 aliphatic carbocycles. The van der Waals surface area contributed by atoms with Crippen LogP contribution in [0.1, 0.15) is 19.8 Å². The average molecular weight is 227 g/mol. The average Bonchev–Trinajstić information content (AvgIpc) is 2.18. The van der Waals surface area contributed by atoms with Crippen molar-refractivity contribution in [3.8, 4) is 5.75 Å². The SMILES string of the molecule is CC1CC(Nc2ccc(OC(F)F)cc2)C1. The van der Waals surface area contributed by atoms with Crippen molar-refractivity contribution < 1.29 is 13.5 Å². The van der Waals surface area contributed by atoms with E-state index >= 15 is 0 Å². The summed E-state index contributed by atoms with van der Waals surface area (Å²) in [5.41, 5.74) is 0.957. The zero-order valence-electron chi connectivity index (χ0n) is 9.12. The Morgan fingerprint density at radius 1 is 1.25 bits per heavy atom. The van der Waals surface area contributed by atoms with Gasteiger partial charge in [0.15, 0.2) is 0 Å². The minimum atomic E-state index is -2.76. The van der Waals surface area contributed by atoms with E-state index in [0.29, 0.717) is 6.04 Å². The summed E-state index contributed by atoms with van der Waals surface area (Å²) < 4.78 is 28.1. The van der Waals surface area contributed by atoms with Crippen LogP contribution in [-0.2, 0) is 0 Å². The van der Waals surface area contributed by atoms with Crippen LogP contribution in [0, 0.1) is 5.92 Å². The lowest BCUT2D eigenvalue weighted by atomic mass is 9.82. The second-order valence-corrected chi connectivity index (χ2v) is 4.32. The van der Waals surface area contributed by atoms with Gasteiger partial charge >= 0.3 is 6.61 Å². The molecule has 0 unspecified atom stereocenters. The molecule has 0 spiro atoms. The number of anilines is 1. The highest BCUT2D eigenvalue weighted by molar-refractivity contribution is 5.47. The third-order valence-electron chi connectivity index (χ3n) is 2.82. The van der Waals surface area contributed by atoms with E-state index in [1.165, 1.54) is 12.8 Å². The van der Waals surface area contributed by atoms with Crippen molar-refractivity contribution in [2.45, 2.75) is 32.4 Å². The summed E-state index contributed by atoms with van der Waals surface area (Å²) in [4.78, 5) is 0. The smallest absolute Gasteiger partial charge is 0.387 e. The van der Waals surface area contributed by atoms with Crippen molar-refractivity contribution in [2.24, 2.45) is 5.92 Å². The Kier molecular flexibility index (Phi) is 3.27. The van der Waals surface area contributed by atoms with E-state index in [1.54, 1.807) is 24.3 Å². The number of nitrogens with one attached hydrogen (secondary N) is 1. The molecule has 1 aromatic rings. The van der Waals surface area contributed by atoms with Crippen LogP contribution in [0.15, 0.2) is 24.3 Å². The van der Waals surface area contributed by atoms with Crippen molar-refractivity contribution in [3.63, 3.8) is 0 Å². The second kappa shape index (κ2) is 4.68. The molecular weight excluding hydrogens is 212 g/mol. The van der Waals surface area contributed by atoms with Crippen molar-refractivity contribution in [1.82, 2.24) is 0 Å². The van der Waals surface area contributed by atoms with Crippen molar-refractivity contribution >= 4 is 5.69 Å². The molecule has 0 bridgehead atoms. The highest BCUT2D eigenvalue weighted by Crippen LogP contribution is 2.29. The zero-order valence-corrected chi connectivity index (χ0v) is 9.12. The summed E-state index contributed by atoms with van der Waals surface area (Å²) in [5.74, 6) is 0.987. The summed E-state index contributed by atoms with van der Waals surface area (Å²) in [7, 11) is 0. The number of rotatable bonds is 4. The van der Waals surface area contributed by atoms with Gasteiger partial charge < -0.3 is 10.1 Å². The maximum absolute atomic E-state index is 11.9. The van der Waals surface area contributed by atoms with Crippen molar-refractivity contribution in [2.75, 3.05) is 5.32 Å². The van der Waals surface area contributed by atoms with Gasteiger partial charge in [-0.1, -0.05) is 6.92 Å². The Hall–Kier alpha value is -1.32. The normalized spacial score (nSPS) is 24.0. The van der Waals surface area contributed by atoms with Crippen LogP contribution in [-0.4, -0.2) is 12.7 Å². The van der Waals surface area contributed by atoms with Crippen molar-refractivity contribution in [1.29, 1.82) is 0 Å². The van der Waals surface area contributed by atoms with E-state index in [4.69, 9.17) is 0 Å². The van der Waals surface area contributed by atoms with Crippen LogP contribution in [0.3, 0.4) is 0 Å². The lowest BCUT2D eigenvalue weighted by molar-refractivity contribution is -0.0498. The predicted octanol–water partition coefficient (Wildman–Crippen LogP) is 3.50. The predicted molar refractivity (Wildman–Crippen MR) is 58.9 cm³/mol. The molecule has 16 heavy (non-hydrogen) atoms. The Balaban J connectivity index is 1.87. The van der Waals surface area contributed by atoms with Gasteiger partial charge in [0.2, 0.25) is 0 Å². The molecule has 0 heterocycles. The summed E-state index contributed by atoms with van der Waals surface area (Å²) >= 11 is 0. The minimum absolute atomic E-state index is 0.197. The van der Waals surface area contributed by atoms with Crippen molar-refractivity contribution in [3.05, 3.63) is 24.3 Å². The first-order valence-corrected chi connectivity index (χ1v) is 5.45. The van der Waals surface area contributed by atoms with Gasteiger partial charge in [0.05, 0.1) is 0 Å². The molecule has 88 valence electrons. The van der Waals surface area contributed by atoms with Crippen LogP contribution in [0.4, 0.5) is 14.5 Å². The molecule has 1 N–H and O–H groups in total. The van der Waals surface area contributed by atoms with Gasteiger partial charge in [0, 0.05) is 11.7 Å². The summed E-state index contributed by atoms with van der Waals surface area (Å²) in [6.45, 7) is -0.538. The fourth-order valence-corrected chi connectivity index (χ4v) is 1.99. The summed E-state index contributed by atoms with van der Waals surface area (Å²) in [6.07, 6.45) is 2.35. The number of ether oxygens (including phenoxy) is 1. The Morgan fingerprint density at radius 2 is 1.88 bits per heavy atom. The molecule has 4 heteroatoms. The van der Waals surface area contributed by atoms with Crippen LogP contribution in [0.2, 0.25) is 0 Å². The van der Waals surface area contributed by atoms with E-state index in [9.17, 15) is 8.78 Å². The van der Waals surface area contributed by atoms with Gasteiger partial charge in [-0.2, -0.15) is 8.78 Å². The molecule has 0 aromatic heterocycles. The standard InChI is InChI=1S/C12H15F2NO/c1-8-6-10(7-8)15-9-2-4-11(5-3-9)16-12(13)14/h2-5,8,10,12,15H,6-7H2,1H3. The third kappa shape index (κ3) is 2.84. The molecule has 0 amide bonds. The lowest BCUT2D eigenvalue weighted by Gasteiger charge is -2.34. The Bertz CT molecular complexity index is 333. The number of alkyl halides is 2. The highest BCUT2D eigenvalue weighted by Gasteiger charge is 2.24. The molecule has 1 saturated carbocycles. The molecular formula is C12H15F2NO. The molecule has 2 nitrogen and oxygen atoms in total. The number of hydrogen-bond acceptors (Lipinski definition) is 2. The molecule has 0 radical (unpaired) electrons. The quantitative estimate of drug-likeness (QED) is 0.850. The van der Waals surface area contributed by atoms with Crippen LogP contribution in [0.5, 0.6) is 5.75 Å². The number of benzene rings is 1. The molecule has 0 saturated heterocycles. The second-order valence-electron chi connectivity index (χ2n) is 4.32. The first-order chi connectivity index (χ1) is 7.63. The summed E-state index contributed by atoms with van der Waals surface area (Å²) in [6, 6.07) is 7.16. The molecule has 2 rings (SSSR count). The topological polar surface area (TPSA) is 21.3 Å². The molecule has 0 atom stereocenters. The van der Waals surface area contributed by atoms with E-state index in [1.807, 2.05) is 0 Å². The first kappa shape index (κ1) is 11.2. The van der Waals surface area contributed by atoms with Crippen LogP contribution < -0.4 is 10.1 Å². The van der Waals surface area contributed by atoms with Gasteiger partial charge in [-0.05, 0) is 43.0 Å². The minimum Gasteiger partial charge on any atom is -0.435 e. The maximum Gasteiger partial charge on any atom is 0.387 e. The number of hydrogen-bond donors (Lipinski definition) is 1. The monoisotopic (exact) mass is 227 g/mol. The van der Waals surface area contributed by atoms with Gasteiger partial charge in [0.1, 0.15) is 5.75 Å². The van der Waals surface area contributed by atoms with Gasteiger partial charge in [0.25, 0.3) is 0 Å². The summed E-state index contributed by atoms with van der Waals surface area (Å²) in [5, 5.41) is 3.35. The Labute approximate surface area is 93.6 Å². The fourth-order valence-electron chi connectivity index (χ4n) is 1.99. The van der Waals surface area contributed by atoms with E-state index < -0.39 is 6.61 Å². The first-order valence-electron chi connectivity index (χ1n) is 5.45. The fraction of sp³-hybridized carbons (Fsp3) is 0.500. The van der Waals surface area contributed by atoms with Gasteiger partial charge in [-0.15, -0.1) is 0 Å². The zero-order chi connectivity index (χ0) is 11.5. The van der Waals surface area contributed by atoms with E-state index in [-0.39, 0.29) is 5.75 Å². The van der Waals surface area contributed by atoms with Crippen LogP contribution in [0.25, 0.3) is 0 Å². The maximum atomic E-state index is 11.9. The lowest BCUT2D eigenvalue weighted by Crippen LogP contribution is -2.33. The van der Waals surface area contributed by atoms with E-state index in [2.05, 4.69) is 17.0 Å². The molecule has 1 fully saturated rings. The highest BCUT2D eigenvalue weighted by atomic mass is 19.3. The van der Waals surface area contributed by atoms with Gasteiger partial charge in [-0.25, -0.2) is 0 Å². The molecule has 1 aromatic carbocycles. The Morgan fingerprint density at radius 3 is 2.38 bits per heavy atom. The largest absolute Gasteiger partial charge is 0.435 e. The third-order valence-corrected chi connectivity index (χ3v) is 2.82. The molecule has 1 aliphatic rings.